The van der Waals surface area contributed by atoms with Gasteiger partial charge in [0, 0.05) is 16.0 Å². The van der Waals surface area contributed by atoms with Crippen molar-refractivity contribution in [1.82, 2.24) is 10.2 Å². The Bertz CT molecular complexity index is 710. The molecule has 3 rings (SSSR count). The molecule has 1 fully saturated rings. The average molecular weight is 391 g/mol. The molecule has 1 amide bonds. The lowest BCUT2D eigenvalue weighted by molar-refractivity contribution is -0.120. The highest BCUT2D eigenvalue weighted by atomic mass is 79.9. The van der Waals surface area contributed by atoms with E-state index in [-0.39, 0.29) is 11.8 Å². The summed E-state index contributed by atoms with van der Waals surface area (Å²) in [6.45, 7) is 2.64. The number of carbonyl (C=O) groups excluding carboxylic acids is 1. The molecule has 0 aliphatic heterocycles. The number of benzene rings is 1. The SMILES string of the molecule is CCc1c(NC(=O)[C@@H]2CCC[C@@H]2CN)n[nH]c1-c1ccc(Br)cc1. The molecule has 2 atom stereocenters. The largest absolute Gasteiger partial charge is 0.330 e. The lowest BCUT2D eigenvalue weighted by atomic mass is 9.95. The van der Waals surface area contributed by atoms with Crippen LogP contribution in [0.2, 0.25) is 0 Å². The Labute approximate surface area is 150 Å². The molecular weight excluding hydrogens is 368 g/mol. The van der Waals surface area contributed by atoms with Gasteiger partial charge in [-0.2, -0.15) is 5.10 Å². The number of nitrogens with one attached hydrogen (secondary N) is 2. The van der Waals surface area contributed by atoms with Gasteiger partial charge in [-0.3, -0.25) is 9.89 Å². The molecule has 1 heterocycles. The number of hydrogen-bond acceptors (Lipinski definition) is 3. The van der Waals surface area contributed by atoms with E-state index in [1.54, 1.807) is 0 Å². The lowest BCUT2D eigenvalue weighted by Gasteiger charge is -2.17. The molecule has 1 aromatic heterocycles. The Morgan fingerprint density at radius 1 is 1.38 bits per heavy atom. The fourth-order valence-corrected chi connectivity index (χ4v) is 3.81. The van der Waals surface area contributed by atoms with Crippen molar-refractivity contribution in [3.05, 3.63) is 34.3 Å². The standard InChI is InChI=1S/C18H23BrN4O/c1-2-14-16(11-6-8-13(19)9-7-11)22-23-17(14)21-18(24)15-5-3-4-12(15)10-20/h6-9,12,15H,2-5,10,20H2,1H3,(H2,21,22,23,24)/t12-,15-/m1/s1. The maximum absolute atomic E-state index is 12.6. The highest BCUT2D eigenvalue weighted by Gasteiger charge is 2.32. The quantitative estimate of drug-likeness (QED) is 0.727. The first-order chi connectivity index (χ1) is 11.6. The molecule has 1 saturated carbocycles. The van der Waals surface area contributed by atoms with Crippen molar-refractivity contribution in [1.29, 1.82) is 0 Å². The fraction of sp³-hybridized carbons (Fsp3) is 0.444. The summed E-state index contributed by atoms with van der Waals surface area (Å²) in [5, 5.41) is 10.4. The van der Waals surface area contributed by atoms with Crippen molar-refractivity contribution in [3.63, 3.8) is 0 Å². The third-order valence-electron chi connectivity index (χ3n) is 4.89. The van der Waals surface area contributed by atoms with Crippen LogP contribution in [0, 0.1) is 11.8 Å². The third kappa shape index (κ3) is 3.39. The number of amides is 1. The van der Waals surface area contributed by atoms with Crippen LogP contribution in [-0.4, -0.2) is 22.6 Å². The van der Waals surface area contributed by atoms with E-state index in [9.17, 15) is 4.79 Å². The second kappa shape index (κ2) is 7.49. The van der Waals surface area contributed by atoms with Gasteiger partial charge >= 0.3 is 0 Å². The van der Waals surface area contributed by atoms with Crippen LogP contribution in [0.15, 0.2) is 28.7 Å². The van der Waals surface area contributed by atoms with Gasteiger partial charge in [0.1, 0.15) is 0 Å². The first-order valence-electron chi connectivity index (χ1n) is 8.48. The van der Waals surface area contributed by atoms with E-state index >= 15 is 0 Å². The fourth-order valence-electron chi connectivity index (χ4n) is 3.54. The predicted octanol–water partition coefficient (Wildman–Crippen LogP) is 3.72. The summed E-state index contributed by atoms with van der Waals surface area (Å²) in [7, 11) is 0. The van der Waals surface area contributed by atoms with E-state index in [4.69, 9.17) is 5.73 Å². The van der Waals surface area contributed by atoms with Crippen LogP contribution >= 0.6 is 15.9 Å². The van der Waals surface area contributed by atoms with Crippen LogP contribution in [0.1, 0.15) is 31.7 Å². The summed E-state index contributed by atoms with van der Waals surface area (Å²) in [5.41, 5.74) is 8.85. The maximum atomic E-state index is 12.6. The summed E-state index contributed by atoms with van der Waals surface area (Å²) in [5.74, 6) is 0.988. The monoisotopic (exact) mass is 390 g/mol. The van der Waals surface area contributed by atoms with Crippen LogP contribution in [0.4, 0.5) is 5.82 Å². The second-order valence-corrected chi connectivity index (χ2v) is 7.22. The molecule has 6 heteroatoms. The molecule has 4 N–H and O–H groups in total. The first-order valence-corrected chi connectivity index (χ1v) is 9.27. The van der Waals surface area contributed by atoms with Gasteiger partial charge in [0.15, 0.2) is 5.82 Å². The second-order valence-electron chi connectivity index (χ2n) is 6.31. The third-order valence-corrected chi connectivity index (χ3v) is 5.42. The summed E-state index contributed by atoms with van der Waals surface area (Å²) < 4.78 is 1.03. The van der Waals surface area contributed by atoms with Crippen LogP contribution in [0.5, 0.6) is 0 Å². The molecule has 2 aromatic rings. The van der Waals surface area contributed by atoms with Gasteiger partial charge in [0.25, 0.3) is 0 Å². The van der Waals surface area contributed by atoms with Gasteiger partial charge in [-0.05, 0) is 49.4 Å². The van der Waals surface area contributed by atoms with E-state index in [0.29, 0.717) is 18.3 Å². The number of rotatable bonds is 5. The summed E-state index contributed by atoms with van der Waals surface area (Å²) in [4.78, 5) is 12.6. The summed E-state index contributed by atoms with van der Waals surface area (Å²) in [6.07, 6.45) is 3.83. The van der Waals surface area contributed by atoms with E-state index in [1.807, 2.05) is 24.3 Å². The van der Waals surface area contributed by atoms with Crippen molar-refractivity contribution in [2.45, 2.75) is 32.6 Å². The predicted molar refractivity (Wildman–Crippen MR) is 99.6 cm³/mol. The van der Waals surface area contributed by atoms with Gasteiger partial charge in [0.05, 0.1) is 5.69 Å². The van der Waals surface area contributed by atoms with E-state index in [0.717, 1.165) is 47.0 Å². The Morgan fingerprint density at radius 2 is 2.12 bits per heavy atom. The smallest absolute Gasteiger partial charge is 0.229 e. The molecule has 0 spiro atoms. The van der Waals surface area contributed by atoms with Crippen molar-refractivity contribution in [3.8, 4) is 11.3 Å². The first kappa shape index (κ1) is 17.2. The molecule has 1 aliphatic rings. The van der Waals surface area contributed by atoms with Crippen molar-refractivity contribution >= 4 is 27.7 Å². The van der Waals surface area contributed by atoms with Crippen LogP contribution < -0.4 is 11.1 Å². The molecule has 0 bridgehead atoms. The van der Waals surface area contributed by atoms with E-state index < -0.39 is 0 Å². The molecule has 5 nitrogen and oxygen atoms in total. The van der Waals surface area contributed by atoms with Gasteiger partial charge in [-0.1, -0.05) is 41.4 Å². The maximum Gasteiger partial charge on any atom is 0.229 e. The molecule has 128 valence electrons. The normalized spacial score (nSPS) is 20.3. The zero-order valence-corrected chi connectivity index (χ0v) is 15.4. The van der Waals surface area contributed by atoms with Crippen molar-refractivity contribution in [2.24, 2.45) is 17.6 Å². The van der Waals surface area contributed by atoms with E-state index in [2.05, 4.69) is 38.4 Å². The van der Waals surface area contributed by atoms with Gasteiger partial charge in [-0.25, -0.2) is 0 Å². The van der Waals surface area contributed by atoms with Gasteiger partial charge in [0.2, 0.25) is 5.91 Å². The zero-order valence-electron chi connectivity index (χ0n) is 13.8. The summed E-state index contributed by atoms with van der Waals surface area (Å²) >= 11 is 3.45. The van der Waals surface area contributed by atoms with E-state index in [1.165, 1.54) is 0 Å². The van der Waals surface area contributed by atoms with Gasteiger partial charge in [-0.15, -0.1) is 0 Å². The number of halogens is 1. The zero-order chi connectivity index (χ0) is 17.1. The highest BCUT2D eigenvalue weighted by molar-refractivity contribution is 9.10. The summed E-state index contributed by atoms with van der Waals surface area (Å²) in [6, 6.07) is 8.06. The van der Waals surface area contributed by atoms with Crippen molar-refractivity contribution in [2.75, 3.05) is 11.9 Å². The Balaban J connectivity index is 1.82. The Kier molecular flexibility index (Phi) is 5.36. The minimum atomic E-state index is 0.00698. The minimum absolute atomic E-state index is 0.00698. The molecule has 0 saturated heterocycles. The number of aromatic nitrogens is 2. The Hall–Kier alpha value is -1.66. The Morgan fingerprint density at radius 3 is 2.79 bits per heavy atom. The number of nitrogens with two attached hydrogens (primary N) is 1. The minimum Gasteiger partial charge on any atom is -0.330 e. The molecule has 1 aromatic carbocycles. The number of hydrogen-bond donors (Lipinski definition) is 3. The van der Waals surface area contributed by atoms with Crippen molar-refractivity contribution < 1.29 is 4.79 Å². The topological polar surface area (TPSA) is 83.8 Å². The molecule has 0 unspecified atom stereocenters. The van der Waals surface area contributed by atoms with Gasteiger partial charge < -0.3 is 11.1 Å². The average Bonchev–Trinajstić information content (AvgIpc) is 3.21. The number of anilines is 1. The molecule has 0 radical (unpaired) electrons. The number of aromatic amines is 1. The highest BCUT2D eigenvalue weighted by Crippen LogP contribution is 2.33. The van der Waals surface area contributed by atoms with Crippen LogP contribution in [-0.2, 0) is 11.2 Å². The number of nitrogens with zero attached hydrogens (tertiary/aromatic N) is 1. The lowest BCUT2D eigenvalue weighted by Crippen LogP contribution is -2.30. The number of H-pyrrole nitrogens is 1. The van der Waals surface area contributed by atoms with Crippen LogP contribution in [0.25, 0.3) is 11.3 Å². The molecule has 1 aliphatic carbocycles. The van der Waals surface area contributed by atoms with Crippen LogP contribution in [0.3, 0.4) is 0 Å². The number of carbonyl (C=O) groups is 1. The molecular formula is C18H23BrN4O. The molecule has 24 heavy (non-hydrogen) atoms.